The van der Waals surface area contributed by atoms with E-state index in [4.69, 9.17) is 15.2 Å². The number of nitrogens with one attached hydrogen (secondary N) is 1. The first-order valence-electron chi connectivity index (χ1n) is 6.68. The summed E-state index contributed by atoms with van der Waals surface area (Å²) in [5.41, 5.74) is 5.99. The highest BCUT2D eigenvalue weighted by Crippen LogP contribution is 2.24. The van der Waals surface area contributed by atoms with Gasteiger partial charge in [0.25, 0.3) is 0 Å². The molecule has 0 aliphatic heterocycles. The van der Waals surface area contributed by atoms with Gasteiger partial charge in [-0.2, -0.15) is 4.98 Å². The summed E-state index contributed by atoms with van der Waals surface area (Å²) in [6.45, 7) is 6.74. The highest BCUT2D eigenvalue weighted by atomic mass is 16.5. The van der Waals surface area contributed by atoms with E-state index in [9.17, 15) is 5.11 Å². The Kier molecular flexibility index (Phi) is 6.04. The molecular weight excluding hydrogens is 258 g/mol. The van der Waals surface area contributed by atoms with Gasteiger partial charge in [0.1, 0.15) is 11.4 Å². The number of aliphatic hydroxyl groups is 1. The van der Waals surface area contributed by atoms with Crippen molar-refractivity contribution < 1.29 is 14.6 Å². The Bertz CT molecular complexity index is 419. The molecule has 114 valence electrons. The van der Waals surface area contributed by atoms with Gasteiger partial charge in [0.05, 0.1) is 18.4 Å². The maximum Gasteiger partial charge on any atom is 0.239 e. The van der Waals surface area contributed by atoms with Crippen molar-refractivity contribution in [2.75, 3.05) is 31.3 Å². The number of hydrogen-bond acceptors (Lipinski definition) is 6. The van der Waals surface area contributed by atoms with Crippen LogP contribution in [0.5, 0.6) is 5.88 Å². The van der Waals surface area contributed by atoms with Crippen molar-refractivity contribution in [3.63, 3.8) is 0 Å². The number of nitrogen functional groups attached to an aromatic ring is 1. The Labute approximate surface area is 120 Å². The Morgan fingerprint density at radius 2 is 2.10 bits per heavy atom. The quantitative estimate of drug-likeness (QED) is 0.705. The van der Waals surface area contributed by atoms with E-state index in [2.05, 4.69) is 10.3 Å². The van der Waals surface area contributed by atoms with E-state index in [1.54, 1.807) is 19.2 Å². The fraction of sp³-hybridized carbons (Fsp3) is 0.643. The molecular formula is C14H25N3O3. The van der Waals surface area contributed by atoms with Crippen molar-refractivity contribution in [3.05, 3.63) is 12.1 Å². The number of nitrogens with zero attached hydrogens (tertiary/aromatic N) is 1. The first kappa shape index (κ1) is 16.5. The van der Waals surface area contributed by atoms with Crippen LogP contribution in [0.15, 0.2) is 12.1 Å². The third kappa shape index (κ3) is 6.08. The fourth-order valence-electron chi connectivity index (χ4n) is 1.56. The zero-order chi connectivity index (χ0) is 15.2. The summed E-state index contributed by atoms with van der Waals surface area (Å²) in [6, 6.07) is 3.54. The summed E-state index contributed by atoms with van der Waals surface area (Å²) in [5.74, 6) is 1.09. The number of aliphatic hydroxyl groups excluding tert-OH is 1. The molecule has 1 unspecified atom stereocenters. The van der Waals surface area contributed by atoms with Gasteiger partial charge in [-0.3, -0.25) is 0 Å². The Balaban J connectivity index is 2.57. The largest absolute Gasteiger partial charge is 0.470 e. The van der Waals surface area contributed by atoms with Crippen LogP contribution in [-0.4, -0.2) is 42.1 Å². The van der Waals surface area contributed by atoms with Crippen LogP contribution >= 0.6 is 0 Å². The average molecular weight is 283 g/mol. The molecule has 1 aromatic rings. The van der Waals surface area contributed by atoms with Gasteiger partial charge in [0.2, 0.25) is 5.88 Å². The number of hydrogen-bond donors (Lipinski definition) is 3. The van der Waals surface area contributed by atoms with E-state index in [-0.39, 0.29) is 5.60 Å². The van der Waals surface area contributed by atoms with Gasteiger partial charge in [-0.05, 0) is 39.3 Å². The van der Waals surface area contributed by atoms with Crippen LogP contribution in [0.4, 0.5) is 11.5 Å². The lowest BCUT2D eigenvalue weighted by Gasteiger charge is -2.21. The molecule has 0 aromatic carbocycles. The monoisotopic (exact) mass is 283 g/mol. The van der Waals surface area contributed by atoms with Crippen LogP contribution in [0.25, 0.3) is 0 Å². The summed E-state index contributed by atoms with van der Waals surface area (Å²) in [4.78, 5) is 4.33. The molecule has 0 fully saturated rings. The number of methoxy groups -OCH3 is 1. The van der Waals surface area contributed by atoms with E-state index in [1.807, 2.05) is 20.8 Å². The lowest BCUT2D eigenvalue weighted by atomic mass is 10.2. The minimum absolute atomic E-state index is 0.329. The molecule has 0 bridgehead atoms. The van der Waals surface area contributed by atoms with Crippen LogP contribution in [0.1, 0.15) is 27.2 Å². The van der Waals surface area contributed by atoms with E-state index in [0.29, 0.717) is 37.0 Å². The molecule has 0 saturated heterocycles. The lowest BCUT2D eigenvalue weighted by Crippen LogP contribution is -2.24. The predicted octanol–water partition coefficient (Wildman–Crippen LogP) is 1.65. The van der Waals surface area contributed by atoms with Crippen LogP contribution in [0, 0.1) is 0 Å². The normalized spacial score (nSPS) is 13.1. The first-order chi connectivity index (χ1) is 9.31. The zero-order valence-corrected chi connectivity index (χ0v) is 12.6. The lowest BCUT2D eigenvalue weighted by molar-refractivity contribution is 0.0615. The maximum absolute atomic E-state index is 9.55. The van der Waals surface area contributed by atoms with Crippen LogP contribution in [-0.2, 0) is 4.74 Å². The molecule has 20 heavy (non-hydrogen) atoms. The van der Waals surface area contributed by atoms with Crippen molar-refractivity contribution in [1.82, 2.24) is 4.98 Å². The minimum atomic E-state index is -0.480. The average Bonchev–Trinajstić information content (AvgIpc) is 2.32. The molecule has 0 amide bonds. The van der Waals surface area contributed by atoms with Crippen LogP contribution < -0.4 is 15.8 Å². The standard InChI is InChI=1S/C14H25N3O3/c1-14(2,3)20-13-11(15)5-6-12(17-13)16-8-7-10(18)9-19-4/h5-6,10,18H,7-9,15H2,1-4H3,(H,16,17). The van der Waals surface area contributed by atoms with Crippen LogP contribution in [0.3, 0.4) is 0 Å². The molecule has 0 aliphatic rings. The molecule has 1 rings (SSSR count). The molecule has 0 spiro atoms. The molecule has 6 nitrogen and oxygen atoms in total. The van der Waals surface area contributed by atoms with E-state index in [0.717, 1.165) is 0 Å². The zero-order valence-electron chi connectivity index (χ0n) is 12.6. The number of ether oxygens (including phenoxy) is 2. The van der Waals surface area contributed by atoms with Gasteiger partial charge in [-0.1, -0.05) is 0 Å². The molecule has 6 heteroatoms. The van der Waals surface area contributed by atoms with Crippen molar-refractivity contribution >= 4 is 11.5 Å². The topological polar surface area (TPSA) is 89.6 Å². The summed E-state index contributed by atoms with van der Waals surface area (Å²) < 4.78 is 10.6. The fourth-order valence-corrected chi connectivity index (χ4v) is 1.56. The van der Waals surface area contributed by atoms with E-state index in [1.165, 1.54) is 0 Å². The van der Waals surface area contributed by atoms with Crippen molar-refractivity contribution in [1.29, 1.82) is 0 Å². The number of anilines is 2. The van der Waals surface area contributed by atoms with Gasteiger partial charge in [-0.15, -0.1) is 0 Å². The van der Waals surface area contributed by atoms with E-state index >= 15 is 0 Å². The number of rotatable bonds is 7. The summed E-state index contributed by atoms with van der Waals surface area (Å²) in [5, 5.41) is 12.7. The van der Waals surface area contributed by atoms with Gasteiger partial charge in [0.15, 0.2) is 0 Å². The highest BCUT2D eigenvalue weighted by Gasteiger charge is 2.15. The molecule has 1 heterocycles. The molecule has 0 saturated carbocycles. The molecule has 1 atom stereocenters. The summed E-state index contributed by atoms with van der Waals surface area (Å²) >= 11 is 0. The van der Waals surface area contributed by atoms with E-state index < -0.39 is 6.10 Å². The Morgan fingerprint density at radius 3 is 2.70 bits per heavy atom. The molecule has 4 N–H and O–H groups in total. The second-order valence-corrected chi connectivity index (χ2v) is 5.63. The highest BCUT2D eigenvalue weighted by molar-refractivity contribution is 5.53. The third-order valence-corrected chi connectivity index (χ3v) is 2.44. The van der Waals surface area contributed by atoms with Gasteiger partial charge in [-0.25, -0.2) is 0 Å². The third-order valence-electron chi connectivity index (χ3n) is 2.44. The molecule has 0 radical (unpaired) electrons. The molecule has 0 aliphatic carbocycles. The minimum Gasteiger partial charge on any atom is -0.470 e. The number of aromatic nitrogens is 1. The summed E-state index contributed by atoms with van der Waals surface area (Å²) in [7, 11) is 1.56. The summed E-state index contributed by atoms with van der Waals surface area (Å²) in [6.07, 6.45) is 0.0987. The predicted molar refractivity (Wildman–Crippen MR) is 80.0 cm³/mol. The van der Waals surface area contributed by atoms with Crippen molar-refractivity contribution in [3.8, 4) is 5.88 Å². The van der Waals surface area contributed by atoms with Crippen molar-refractivity contribution in [2.24, 2.45) is 0 Å². The van der Waals surface area contributed by atoms with Gasteiger partial charge >= 0.3 is 0 Å². The SMILES string of the molecule is COCC(O)CCNc1ccc(N)c(OC(C)(C)C)n1. The smallest absolute Gasteiger partial charge is 0.239 e. The maximum atomic E-state index is 9.55. The van der Waals surface area contributed by atoms with Crippen LogP contribution in [0.2, 0.25) is 0 Å². The van der Waals surface area contributed by atoms with Crippen molar-refractivity contribution in [2.45, 2.75) is 38.9 Å². The Hall–Kier alpha value is -1.53. The Morgan fingerprint density at radius 1 is 1.40 bits per heavy atom. The first-order valence-corrected chi connectivity index (χ1v) is 6.68. The number of pyridine rings is 1. The second kappa shape index (κ2) is 7.31. The molecule has 1 aromatic heterocycles. The van der Waals surface area contributed by atoms with Gasteiger partial charge < -0.3 is 25.6 Å². The van der Waals surface area contributed by atoms with Gasteiger partial charge in [0, 0.05) is 13.7 Å². The number of nitrogens with two attached hydrogens (primary N) is 1. The second-order valence-electron chi connectivity index (χ2n) is 5.63.